The number of piperidine rings is 1. The lowest BCUT2D eigenvalue weighted by atomic mass is 9.68. The molecule has 0 atom stereocenters. The van der Waals surface area contributed by atoms with Crippen molar-refractivity contribution >= 4 is 22.6 Å². The largest absolute Gasteiger partial charge is 0.317 e. The first-order chi connectivity index (χ1) is 12.2. The van der Waals surface area contributed by atoms with E-state index in [2.05, 4.69) is 86.6 Å². The standard InChI is InChI=1S/C21H22IN3/c1-15-20(14-24-25-15)16-2-4-17(5-3-16)21(10-12-23-13-11-21)18-6-8-19(22)9-7-18/h2-9,14,23H,10-13H2,1H3,(H,24,25). The number of aryl methyl sites for hydroxylation is 1. The first kappa shape index (κ1) is 16.8. The Morgan fingerprint density at radius 1 is 0.920 bits per heavy atom. The molecule has 0 aliphatic carbocycles. The molecule has 0 spiro atoms. The van der Waals surface area contributed by atoms with E-state index in [0.717, 1.165) is 31.6 Å². The average molecular weight is 443 g/mol. The molecule has 1 fully saturated rings. The number of halogens is 1. The first-order valence-corrected chi connectivity index (χ1v) is 9.85. The van der Waals surface area contributed by atoms with E-state index in [-0.39, 0.29) is 5.41 Å². The van der Waals surface area contributed by atoms with Crippen molar-refractivity contribution in [1.29, 1.82) is 0 Å². The fourth-order valence-corrected chi connectivity index (χ4v) is 4.35. The third kappa shape index (κ3) is 3.13. The van der Waals surface area contributed by atoms with Gasteiger partial charge in [-0.1, -0.05) is 36.4 Å². The van der Waals surface area contributed by atoms with Crippen molar-refractivity contribution < 1.29 is 0 Å². The van der Waals surface area contributed by atoms with Gasteiger partial charge in [0.15, 0.2) is 0 Å². The Labute approximate surface area is 162 Å². The average Bonchev–Trinajstić information content (AvgIpc) is 3.09. The monoisotopic (exact) mass is 443 g/mol. The minimum atomic E-state index is 0.111. The molecule has 1 saturated heterocycles. The van der Waals surface area contributed by atoms with Crippen LogP contribution in [0.3, 0.4) is 0 Å². The number of aromatic amines is 1. The maximum Gasteiger partial charge on any atom is 0.0669 e. The molecule has 0 unspecified atom stereocenters. The summed E-state index contributed by atoms with van der Waals surface area (Å²) in [4.78, 5) is 0. The number of nitrogens with zero attached hydrogens (tertiary/aromatic N) is 1. The van der Waals surface area contributed by atoms with Crippen LogP contribution in [0, 0.1) is 10.5 Å². The molecule has 128 valence electrons. The van der Waals surface area contributed by atoms with Gasteiger partial charge in [-0.15, -0.1) is 0 Å². The van der Waals surface area contributed by atoms with Gasteiger partial charge in [0.05, 0.1) is 5.69 Å². The maximum absolute atomic E-state index is 4.24. The van der Waals surface area contributed by atoms with Crippen LogP contribution in [0.2, 0.25) is 0 Å². The van der Waals surface area contributed by atoms with E-state index in [9.17, 15) is 0 Å². The Hall–Kier alpha value is -1.66. The molecule has 4 rings (SSSR count). The Morgan fingerprint density at radius 3 is 2.08 bits per heavy atom. The number of nitrogens with one attached hydrogen (secondary N) is 2. The highest BCUT2D eigenvalue weighted by molar-refractivity contribution is 14.1. The van der Waals surface area contributed by atoms with Crippen LogP contribution < -0.4 is 5.32 Å². The molecule has 2 N–H and O–H groups in total. The smallest absolute Gasteiger partial charge is 0.0669 e. The van der Waals surface area contributed by atoms with Crippen molar-refractivity contribution in [3.8, 4) is 11.1 Å². The normalized spacial score (nSPS) is 16.7. The quantitative estimate of drug-likeness (QED) is 0.579. The van der Waals surface area contributed by atoms with Gasteiger partial charge in [-0.3, -0.25) is 5.10 Å². The summed E-state index contributed by atoms with van der Waals surface area (Å²) in [5, 5.41) is 10.7. The summed E-state index contributed by atoms with van der Waals surface area (Å²) in [6.07, 6.45) is 4.25. The van der Waals surface area contributed by atoms with E-state index in [0.29, 0.717) is 0 Å². The number of H-pyrrole nitrogens is 1. The van der Waals surface area contributed by atoms with Gasteiger partial charge in [0.25, 0.3) is 0 Å². The fourth-order valence-electron chi connectivity index (χ4n) is 3.99. The van der Waals surface area contributed by atoms with Gasteiger partial charge in [-0.25, -0.2) is 0 Å². The third-order valence-electron chi connectivity index (χ3n) is 5.43. The summed E-state index contributed by atoms with van der Waals surface area (Å²) >= 11 is 2.38. The second-order valence-corrected chi connectivity index (χ2v) is 8.05. The molecule has 3 nitrogen and oxygen atoms in total. The van der Waals surface area contributed by atoms with Crippen molar-refractivity contribution in [1.82, 2.24) is 15.5 Å². The number of rotatable bonds is 3. The highest BCUT2D eigenvalue weighted by Crippen LogP contribution is 2.41. The third-order valence-corrected chi connectivity index (χ3v) is 6.15. The molecular weight excluding hydrogens is 421 g/mol. The Morgan fingerprint density at radius 2 is 1.52 bits per heavy atom. The van der Waals surface area contributed by atoms with Crippen molar-refractivity contribution in [2.75, 3.05) is 13.1 Å². The van der Waals surface area contributed by atoms with E-state index in [1.165, 1.54) is 25.8 Å². The minimum absolute atomic E-state index is 0.111. The summed E-state index contributed by atoms with van der Waals surface area (Å²) in [6, 6.07) is 18.2. The zero-order valence-corrected chi connectivity index (χ0v) is 16.5. The molecule has 0 amide bonds. The molecule has 0 saturated carbocycles. The molecular formula is C21H22IN3. The van der Waals surface area contributed by atoms with Crippen LogP contribution in [0.25, 0.3) is 11.1 Å². The summed E-state index contributed by atoms with van der Waals surface area (Å²) in [6.45, 7) is 4.17. The lowest BCUT2D eigenvalue weighted by Gasteiger charge is -2.39. The molecule has 4 heteroatoms. The van der Waals surface area contributed by atoms with E-state index < -0.39 is 0 Å². The Bertz CT molecular complexity index is 844. The molecule has 0 radical (unpaired) electrons. The van der Waals surface area contributed by atoms with Gasteiger partial charge in [-0.05, 0) is 84.3 Å². The molecule has 0 bridgehead atoms. The number of hydrogen-bond donors (Lipinski definition) is 2. The van der Waals surface area contributed by atoms with Crippen LogP contribution in [0.4, 0.5) is 0 Å². The number of aromatic nitrogens is 2. The van der Waals surface area contributed by atoms with Crippen molar-refractivity contribution in [2.24, 2.45) is 0 Å². The van der Waals surface area contributed by atoms with Crippen LogP contribution in [-0.2, 0) is 5.41 Å². The van der Waals surface area contributed by atoms with Crippen LogP contribution in [0.1, 0.15) is 29.7 Å². The molecule has 2 aromatic carbocycles. The van der Waals surface area contributed by atoms with E-state index in [4.69, 9.17) is 0 Å². The molecule has 1 aliphatic heterocycles. The van der Waals surface area contributed by atoms with Crippen LogP contribution >= 0.6 is 22.6 Å². The van der Waals surface area contributed by atoms with Gasteiger partial charge in [0, 0.05) is 20.7 Å². The summed E-state index contributed by atoms with van der Waals surface area (Å²) < 4.78 is 1.29. The van der Waals surface area contributed by atoms with Crippen molar-refractivity contribution in [2.45, 2.75) is 25.2 Å². The minimum Gasteiger partial charge on any atom is -0.317 e. The van der Waals surface area contributed by atoms with Gasteiger partial charge in [0.2, 0.25) is 0 Å². The second-order valence-electron chi connectivity index (χ2n) is 6.80. The summed E-state index contributed by atoms with van der Waals surface area (Å²) in [7, 11) is 0. The van der Waals surface area contributed by atoms with Gasteiger partial charge >= 0.3 is 0 Å². The molecule has 1 aliphatic rings. The highest BCUT2D eigenvalue weighted by atomic mass is 127. The maximum atomic E-state index is 4.24. The molecule has 25 heavy (non-hydrogen) atoms. The Balaban J connectivity index is 1.75. The molecule has 2 heterocycles. The zero-order chi connectivity index (χ0) is 17.3. The highest BCUT2D eigenvalue weighted by Gasteiger charge is 2.35. The van der Waals surface area contributed by atoms with Gasteiger partial charge in [-0.2, -0.15) is 5.10 Å². The van der Waals surface area contributed by atoms with Crippen LogP contribution in [0.5, 0.6) is 0 Å². The lowest BCUT2D eigenvalue weighted by Crippen LogP contribution is -2.40. The number of benzene rings is 2. The van der Waals surface area contributed by atoms with Crippen molar-refractivity contribution in [3.05, 3.63) is 75.1 Å². The topological polar surface area (TPSA) is 40.7 Å². The van der Waals surface area contributed by atoms with Crippen LogP contribution in [0.15, 0.2) is 54.7 Å². The summed E-state index contributed by atoms with van der Waals surface area (Å²) in [5.74, 6) is 0. The van der Waals surface area contributed by atoms with E-state index in [1.54, 1.807) is 0 Å². The molecule has 3 aromatic rings. The predicted octanol–water partition coefficient (Wildman–Crippen LogP) is 4.66. The van der Waals surface area contributed by atoms with Gasteiger partial charge < -0.3 is 5.32 Å². The zero-order valence-electron chi connectivity index (χ0n) is 14.3. The second kappa shape index (κ2) is 6.92. The van der Waals surface area contributed by atoms with Gasteiger partial charge in [0.1, 0.15) is 0 Å². The fraction of sp³-hybridized carbons (Fsp3) is 0.286. The lowest BCUT2D eigenvalue weighted by molar-refractivity contribution is 0.362. The van der Waals surface area contributed by atoms with Crippen LogP contribution in [-0.4, -0.2) is 23.3 Å². The summed E-state index contributed by atoms with van der Waals surface area (Å²) in [5.41, 5.74) is 6.41. The van der Waals surface area contributed by atoms with Crippen molar-refractivity contribution in [3.63, 3.8) is 0 Å². The Kier molecular flexibility index (Phi) is 4.65. The number of hydrogen-bond acceptors (Lipinski definition) is 2. The van der Waals surface area contributed by atoms with E-state index >= 15 is 0 Å². The van der Waals surface area contributed by atoms with E-state index in [1.807, 2.05) is 13.1 Å². The SMILES string of the molecule is Cc1n[nH]cc1-c1ccc(C2(c3ccc(I)cc3)CCNCC2)cc1. The first-order valence-electron chi connectivity index (χ1n) is 8.77. The molecule has 1 aromatic heterocycles. The predicted molar refractivity (Wildman–Crippen MR) is 111 cm³/mol.